The maximum atomic E-state index is 12.9. The number of nitrogens with zero attached hydrogens (tertiary/aromatic N) is 3. The van der Waals surface area contributed by atoms with E-state index < -0.39 is 15.9 Å². The SMILES string of the molecule is C=CCn1c(=NC(=O)c2ccc(S(=O)(=O)N(CC)CCCC)cc2)sc2cc(OCC)ccc21. The summed E-state index contributed by atoms with van der Waals surface area (Å²) in [5.41, 5.74) is 1.27. The van der Waals surface area contributed by atoms with Crippen molar-refractivity contribution in [3.63, 3.8) is 0 Å². The van der Waals surface area contributed by atoms with E-state index in [9.17, 15) is 13.2 Å². The lowest BCUT2D eigenvalue weighted by Gasteiger charge is -2.20. The quantitative estimate of drug-likeness (QED) is 0.352. The fraction of sp³-hybridized carbons (Fsp3) is 0.360. The van der Waals surface area contributed by atoms with Gasteiger partial charge in [0.1, 0.15) is 5.75 Å². The van der Waals surface area contributed by atoms with Gasteiger partial charge < -0.3 is 9.30 Å². The second-order valence-electron chi connectivity index (χ2n) is 7.64. The van der Waals surface area contributed by atoms with Gasteiger partial charge in [0, 0.05) is 25.2 Å². The molecule has 0 N–H and O–H groups in total. The number of carbonyl (C=O) groups excluding carboxylic acids is 1. The number of rotatable bonds is 11. The van der Waals surface area contributed by atoms with Gasteiger partial charge >= 0.3 is 0 Å². The highest BCUT2D eigenvalue weighted by molar-refractivity contribution is 7.89. The summed E-state index contributed by atoms with van der Waals surface area (Å²) in [4.78, 5) is 18.0. The number of amides is 1. The smallest absolute Gasteiger partial charge is 0.279 e. The maximum Gasteiger partial charge on any atom is 0.279 e. The van der Waals surface area contributed by atoms with Gasteiger partial charge in [0.25, 0.3) is 5.91 Å². The van der Waals surface area contributed by atoms with Crippen LogP contribution >= 0.6 is 11.3 Å². The summed E-state index contributed by atoms with van der Waals surface area (Å²) in [5, 5.41) is 0. The molecule has 0 aliphatic carbocycles. The Labute approximate surface area is 205 Å². The number of hydrogen-bond donors (Lipinski definition) is 0. The van der Waals surface area contributed by atoms with Crippen LogP contribution in [0.15, 0.2) is 65.0 Å². The first-order chi connectivity index (χ1) is 16.3. The molecule has 0 unspecified atom stereocenters. The molecule has 1 amide bonds. The molecule has 0 aliphatic rings. The van der Waals surface area contributed by atoms with Crippen LogP contribution < -0.4 is 9.54 Å². The Bertz CT molecular complexity index is 1320. The molecule has 0 spiro atoms. The van der Waals surface area contributed by atoms with E-state index >= 15 is 0 Å². The molecule has 0 radical (unpaired) electrons. The van der Waals surface area contributed by atoms with Gasteiger partial charge in [0.05, 0.1) is 21.7 Å². The van der Waals surface area contributed by atoms with Crippen LogP contribution in [0.4, 0.5) is 0 Å². The first-order valence-electron chi connectivity index (χ1n) is 11.4. The molecule has 0 aliphatic heterocycles. The highest BCUT2D eigenvalue weighted by Gasteiger charge is 2.22. The van der Waals surface area contributed by atoms with Gasteiger partial charge in [-0.2, -0.15) is 9.30 Å². The molecular formula is C25H31N3O4S2. The van der Waals surface area contributed by atoms with Gasteiger partial charge in [-0.05, 0) is 55.8 Å². The topological polar surface area (TPSA) is 81.0 Å². The number of ether oxygens (including phenoxy) is 1. The van der Waals surface area contributed by atoms with Crippen molar-refractivity contribution in [2.75, 3.05) is 19.7 Å². The first-order valence-corrected chi connectivity index (χ1v) is 13.7. The number of hydrogen-bond acceptors (Lipinski definition) is 5. The van der Waals surface area contributed by atoms with Gasteiger partial charge in [0.2, 0.25) is 10.0 Å². The molecule has 9 heteroatoms. The predicted octanol–water partition coefficient (Wildman–Crippen LogP) is 4.84. The molecular weight excluding hydrogens is 470 g/mol. The minimum atomic E-state index is -3.60. The zero-order chi connectivity index (χ0) is 24.7. The Balaban J connectivity index is 1.93. The van der Waals surface area contributed by atoms with Crippen LogP contribution in [0.5, 0.6) is 5.75 Å². The van der Waals surface area contributed by atoms with E-state index in [1.54, 1.807) is 6.08 Å². The van der Waals surface area contributed by atoms with Crippen LogP contribution in [0.3, 0.4) is 0 Å². The summed E-state index contributed by atoms with van der Waals surface area (Å²) >= 11 is 1.39. The summed E-state index contributed by atoms with van der Waals surface area (Å²) in [6.07, 6.45) is 3.47. The number of sulfonamides is 1. The molecule has 1 heterocycles. The summed E-state index contributed by atoms with van der Waals surface area (Å²) in [5.74, 6) is 0.327. The van der Waals surface area contributed by atoms with Gasteiger partial charge in [-0.3, -0.25) is 4.79 Å². The third-order valence-corrected chi connectivity index (χ3v) is 8.36. The largest absolute Gasteiger partial charge is 0.494 e. The summed E-state index contributed by atoms with van der Waals surface area (Å²) in [6, 6.07) is 11.8. The maximum absolute atomic E-state index is 12.9. The molecule has 0 saturated heterocycles. The Morgan fingerprint density at radius 1 is 1.18 bits per heavy atom. The Morgan fingerprint density at radius 3 is 2.53 bits per heavy atom. The molecule has 1 aromatic heterocycles. The standard InChI is InChI=1S/C25H31N3O4S2/c1-5-9-17-27(7-3)34(30,31)21-13-10-19(11-14-21)24(29)26-25-28(16-6-2)22-15-12-20(32-8-4)18-23(22)33-25/h6,10-15,18H,2,5,7-9,16-17H2,1,3-4H3. The first kappa shape index (κ1) is 25.9. The number of allylic oxidation sites excluding steroid dienone is 1. The van der Waals surface area contributed by atoms with E-state index in [1.165, 1.54) is 39.9 Å². The summed E-state index contributed by atoms with van der Waals surface area (Å²) in [6.45, 7) is 11.5. The van der Waals surface area contributed by atoms with Crippen LogP contribution in [0.2, 0.25) is 0 Å². The second-order valence-corrected chi connectivity index (χ2v) is 10.6. The normalized spacial score (nSPS) is 12.4. The Hall–Kier alpha value is -2.75. The highest BCUT2D eigenvalue weighted by Crippen LogP contribution is 2.24. The minimum absolute atomic E-state index is 0.175. The van der Waals surface area contributed by atoms with Crippen molar-refractivity contribution >= 4 is 37.5 Å². The highest BCUT2D eigenvalue weighted by atomic mass is 32.2. The third kappa shape index (κ3) is 5.65. The average Bonchev–Trinajstić information content (AvgIpc) is 3.16. The van der Waals surface area contributed by atoms with Crippen LogP contribution in [0.1, 0.15) is 44.0 Å². The van der Waals surface area contributed by atoms with E-state index in [0.29, 0.717) is 36.6 Å². The number of unbranched alkanes of at least 4 members (excludes halogenated alkanes) is 1. The average molecular weight is 502 g/mol. The van der Waals surface area contributed by atoms with Crippen LogP contribution in [0.25, 0.3) is 10.2 Å². The molecule has 2 aromatic carbocycles. The van der Waals surface area contributed by atoms with Crippen LogP contribution in [0, 0.1) is 0 Å². The lowest BCUT2D eigenvalue weighted by molar-refractivity contribution is 0.0997. The van der Waals surface area contributed by atoms with Gasteiger partial charge in [-0.1, -0.05) is 37.7 Å². The number of benzene rings is 2. The molecule has 3 rings (SSSR count). The van der Waals surface area contributed by atoms with E-state index in [1.807, 2.05) is 43.5 Å². The molecule has 0 saturated carbocycles. The van der Waals surface area contributed by atoms with Gasteiger partial charge in [-0.15, -0.1) is 6.58 Å². The molecule has 0 atom stereocenters. The van der Waals surface area contributed by atoms with Crippen LogP contribution in [-0.2, 0) is 16.6 Å². The van der Waals surface area contributed by atoms with Gasteiger partial charge in [0.15, 0.2) is 4.80 Å². The summed E-state index contributed by atoms with van der Waals surface area (Å²) < 4.78 is 35.8. The Morgan fingerprint density at radius 2 is 1.91 bits per heavy atom. The van der Waals surface area contributed by atoms with Crippen molar-refractivity contribution < 1.29 is 17.9 Å². The second kappa shape index (κ2) is 11.6. The third-order valence-electron chi connectivity index (χ3n) is 5.33. The van der Waals surface area contributed by atoms with Crippen LogP contribution in [-0.4, -0.2) is 42.9 Å². The fourth-order valence-electron chi connectivity index (χ4n) is 3.55. The molecule has 3 aromatic rings. The molecule has 0 fully saturated rings. The number of carbonyl (C=O) groups is 1. The van der Waals surface area contributed by atoms with Crippen molar-refractivity contribution in [2.45, 2.75) is 45.1 Å². The van der Waals surface area contributed by atoms with Crippen molar-refractivity contribution in [1.82, 2.24) is 8.87 Å². The van der Waals surface area contributed by atoms with Crippen molar-refractivity contribution in [3.05, 3.63) is 65.5 Å². The monoisotopic (exact) mass is 501 g/mol. The molecule has 7 nitrogen and oxygen atoms in total. The van der Waals surface area contributed by atoms with E-state index in [-0.39, 0.29) is 4.90 Å². The minimum Gasteiger partial charge on any atom is -0.494 e. The zero-order valence-electron chi connectivity index (χ0n) is 19.9. The van der Waals surface area contributed by atoms with Crippen molar-refractivity contribution in [2.24, 2.45) is 4.99 Å². The van der Waals surface area contributed by atoms with E-state index in [4.69, 9.17) is 4.74 Å². The lowest BCUT2D eigenvalue weighted by atomic mass is 10.2. The van der Waals surface area contributed by atoms with E-state index in [2.05, 4.69) is 11.6 Å². The molecule has 182 valence electrons. The predicted molar refractivity (Wildman–Crippen MR) is 137 cm³/mol. The van der Waals surface area contributed by atoms with Crippen molar-refractivity contribution in [1.29, 1.82) is 0 Å². The van der Waals surface area contributed by atoms with Gasteiger partial charge in [-0.25, -0.2) is 8.42 Å². The lowest BCUT2D eigenvalue weighted by Crippen LogP contribution is -2.31. The number of fused-ring (bicyclic) bond motifs is 1. The zero-order valence-corrected chi connectivity index (χ0v) is 21.5. The fourth-order valence-corrected chi connectivity index (χ4v) is 6.11. The van der Waals surface area contributed by atoms with E-state index in [0.717, 1.165) is 28.8 Å². The van der Waals surface area contributed by atoms with Crippen molar-refractivity contribution in [3.8, 4) is 5.75 Å². The Kier molecular flexibility index (Phi) is 8.82. The number of aromatic nitrogens is 1. The molecule has 0 bridgehead atoms. The summed E-state index contributed by atoms with van der Waals surface area (Å²) in [7, 11) is -3.60. The molecule has 34 heavy (non-hydrogen) atoms. The number of thiazole rings is 1.